The normalized spacial score (nSPS) is 18.6. The molecule has 0 aliphatic heterocycles. The Hall–Kier alpha value is -1.06. The van der Waals surface area contributed by atoms with Crippen molar-refractivity contribution in [2.24, 2.45) is 11.8 Å². The molecule has 0 amide bonds. The van der Waals surface area contributed by atoms with Crippen molar-refractivity contribution in [1.82, 2.24) is 5.43 Å². The van der Waals surface area contributed by atoms with Crippen LogP contribution in [0.3, 0.4) is 0 Å². The molecular formula is C13H20N2O. The summed E-state index contributed by atoms with van der Waals surface area (Å²) < 4.78 is 5.73. The average molecular weight is 220 g/mol. The zero-order chi connectivity index (χ0) is 11.2. The number of benzene rings is 1. The van der Waals surface area contributed by atoms with E-state index in [9.17, 15) is 0 Å². The van der Waals surface area contributed by atoms with Gasteiger partial charge in [-0.2, -0.15) is 0 Å². The lowest BCUT2D eigenvalue weighted by molar-refractivity contribution is 0.218. The van der Waals surface area contributed by atoms with Crippen LogP contribution in [0.25, 0.3) is 0 Å². The third-order valence-corrected chi connectivity index (χ3v) is 3.36. The standard InChI is InChI=1S/C13H20N2O/c14-15-13(11-6-4-5-7-11)10-16-12-8-2-1-3-9-12/h1-3,8-9,11,13,15H,4-7,10,14H2. The summed E-state index contributed by atoms with van der Waals surface area (Å²) in [6.07, 6.45) is 5.20. The molecular weight excluding hydrogens is 200 g/mol. The highest BCUT2D eigenvalue weighted by Crippen LogP contribution is 2.27. The van der Waals surface area contributed by atoms with Crippen molar-refractivity contribution in [3.8, 4) is 5.75 Å². The molecule has 1 fully saturated rings. The summed E-state index contributed by atoms with van der Waals surface area (Å²) in [6.45, 7) is 0.658. The molecule has 0 aromatic heterocycles. The fourth-order valence-electron chi connectivity index (χ4n) is 2.38. The highest BCUT2D eigenvalue weighted by atomic mass is 16.5. The molecule has 0 heterocycles. The molecule has 1 aliphatic rings. The Morgan fingerprint density at radius 2 is 1.94 bits per heavy atom. The molecule has 0 bridgehead atoms. The maximum absolute atomic E-state index is 5.73. The van der Waals surface area contributed by atoms with Crippen LogP contribution >= 0.6 is 0 Å². The Balaban J connectivity index is 1.83. The van der Waals surface area contributed by atoms with E-state index in [1.54, 1.807) is 0 Å². The van der Waals surface area contributed by atoms with E-state index in [0.717, 1.165) is 5.75 Å². The molecule has 16 heavy (non-hydrogen) atoms. The minimum Gasteiger partial charge on any atom is -0.492 e. The topological polar surface area (TPSA) is 47.3 Å². The van der Waals surface area contributed by atoms with E-state index in [1.807, 2.05) is 30.3 Å². The second kappa shape index (κ2) is 5.87. The van der Waals surface area contributed by atoms with Gasteiger partial charge in [0.25, 0.3) is 0 Å². The van der Waals surface area contributed by atoms with Crippen LogP contribution in [0.2, 0.25) is 0 Å². The van der Waals surface area contributed by atoms with Crippen LogP contribution in [0.15, 0.2) is 30.3 Å². The summed E-state index contributed by atoms with van der Waals surface area (Å²) in [7, 11) is 0. The van der Waals surface area contributed by atoms with Crippen LogP contribution in [0, 0.1) is 5.92 Å². The van der Waals surface area contributed by atoms with Crippen molar-refractivity contribution in [2.75, 3.05) is 6.61 Å². The molecule has 0 spiro atoms. The van der Waals surface area contributed by atoms with Gasteiger partial charge in [-0.15, -0.1) is 0 Å². The van der Waals surface area contributed by atoms with E-state index < -0.39 is 0 Å². The fourth-order valence-corrected chi connectivity index (χ4v) is 2.38. The highest BCUT2D eigenvalue weighted by Gasteiger charge is 2.24. The number of hydrogen-bond acceptors (Lipinski definition) is 3. The smallest absolute Gasteiger partial charge is 0.119 e. The molecule has 3 nitrogen and oxygen atoms in total. The van der Waals surface area contributed by atoms with Gasteiger partial charge in [-0.25, -0.2) is 0 Å². The first-order valence-electron chi connectivity index (χ1n) is 6.04. The van der Waals surface area contributed by atoms with E-state index in [1.165, 1.54) is 25.7 Å². The predicted molar refractivity (Wildman–Crippen MR) is 65.0 cm³/mol. The molecule has 2 rings (SSSR count). The van der Waals surface area contributed by atoms with Gasteiger partial charge in [-0.05, 0) is 30.9 Å². The van der Waals surface area contributed by atoms with Crippen molar-refractivity contribution in [2.45, 2.75) is 31.7 Å². The summed E-state index contributed by atoms with van der Waals surface area (Å²) in [6, 6.07) is 10.2. The number of rotatable bonds is 5. The molecule has 88 valence electrons. The van der Waals surface area contributed by atoms with Gasteiger partial charge in [0.1, 0.15) is 12.4 Å². The van der Waals surface area contributed by atoms with Crippen LogP contribution in [0.4, 0.5) is 0 Å². The maximum Gasteiger partial charge on any atom is 0.119 e. The van der Waals surface area contributed by atoms with Gasteiger partial charge in [0, 0.05) is 0 Å². The lowest BCUT2D eigenvalue weighted by atomic mass is 9.99. The number of hydrazine groups is 1. The average Bonchev–Trinajstić information content (AvgIpc) is 2.85. The highest BCUT2D eigenvalue weighted by molar-refractivity contribution is 5.20. The van der Waals surface area contributed by atoms with Crippen molar-refractivity contribution < 1.29 is 4.74 Å². The minimum atomic E-state index is 0.280. The second-order valence-corrected chi connectivity index (χ2v) is 4.44. The largest absolute Gasteiger partial charge is 0.492 e. The van der Waals surface area contributed by atoms with Crippen LogP contribution in [-0.2, 0) is 0 Å². The number of ether oxygens (including phenoxy) is 1. The molecule has 1 aromatic rings. The molecule has 3 heteroatoms. The van der Waals surface area contributed by atoms with Gasteiger partial charge >= 0.3 is 0 Å². The maximum atomic E-state index is 5.73. The van der Waals surface area contributed by atoms with E-state index in [4.69, 9.17) is 10.6 Å². The monoisotopic (exact) mass is 220 g/mol. The van der Waals surface area contributed by atoms with Gasteiger partial charge in [0.2, 0.25) is 0 Å². The van der Waals surface area contributed by atoms with Gasteiger partial charge in [-0.3, -0.25) is 11.3 Å². The lowest BCUT2D eigenvalue weighted by Gasteiger charge is -2.22. The molecule has 1 aliphatic carbocycles. The van der Waals surface area contributed by atoms with E-state index >= 15 is 0 Å². The molecule has 1 atom stereocenters. The Morgan fingerprint density at radius 3 is 2.56 bits per heavy atom. The van der Waals surface area contributed by atoms with Crippen molar-refractivity contribution >= 4 is 0 Å². The molecule has 0 saturated heterocycles. The quantitative estimate of drug-likeness (QED) is 0.590. The second-order valence-electron chi connectivity index (χ2n) is 4.44. The third kappa shape index (κ3) is 2.97. The fraction of sp³-hybridized carbons (Fsp3) is 0.538. The number of hydrogen-bond donors (Lipinski definition) is 2. The summed E-state index contributed by atoms with van der Waals surface area (Å²) in [4.78, 5) is 0. The zero-order valence-electron chi connectivity index (χ0n) is 9.56. The molecule has 1 saturated carbocycles. The Labute approximate surface area is 97.0 Å². The van der Waals surface area contributed by atoms with Crippen molar-refractivity contribution in [3.63, 3.8) is 0 Å². The lowest BCUT2D eigenvalue weighted by Crippen LogP contribution is -2.44. The van der Waals surface area contributed by atoms with E-state index in [2.05, 4.69) is 5.43 Å². The van der Waals surface area contributed by atoms with Crippen molar-refractivity contribution in [1.29, 1.82) is 0 Å². The third-order valence-electron chi connectivity index (χ3n) is 3.36. The summed E-state index contributed by atoms with van der Waals surface area (Å²) in [5.74, 6) is 7.18. The Bertz CT molecular complexity index is 296. The van der Waals surface area contributed by atoms with Gasteiger partial charge in [-0.1, -0.05) is 31.0 Å². The van der Waals surface area contributed by atoms with Gasteiger partial charge in [0.15, 0.2) is 0 Å². The first kappa shape index (κ1) is 11.4. The van der Waals surface area contributed by atoms with E-state index in [-0.39, 0.29) is 6.04 Å². The number of nitrogens with two attached hydrogens (primary N) is 1. The zero-order valence-corrected chi connectivity index (χ0v) is 9.56. The Kier molecular flexibility index (Phi) is 4.19. The van der Waals surface area contributed by atoms with Gasteiger partial charge in [0.05, 0.1) is 6.04 Å². The molecule has 0 radical (unpaired) electrons. The van der Waals surface area contributed by atoms with Crippen LogP contribution in [-0.4, -0.2) is 12.6 Å². The Morgan fingerprint density at radius 1 is 1.25 bits per heavy atom. The summed E-state index contributed by atoms with van der Waals surface area (Å²) in [5, 5.41) is 0. The SMILES string of the molecule is NNC(COc1ccccc1)C1CCCC1. The molecule has 1 unspecified atom stereocenters. The molecule has 1 aromatic carbocycles. The minimum absolute atomic E-state index is 0.280. The summed E-state index contributed by atoms with van der Waals surface area (Å²) in [5.41, 5.74) is 2.89. The van der Waals surface area contributed by atoms with Crippen LogP contribution in [0.5, 0.6) is 5.75 Å². The number of nitrogens with one attached hydrogen (secondary N) is 1. The first-order valence-corrected chi connectivity index (χ1v) is 6.04. The number of para-hydroxylation sites is 1. The van der Waals surface area contributed by atoms with E-state index in [0.29, 0.717) is 12.5 Å². The molecule has 3 N–H and O–H groups in total. The van der Waals surface area contributed by atoms with Crippen LogP contribution in [0.1, 0.15) is 25.7 Å². The van der Waals surface area contributed by atoms with Crippen molar-refractivity contribution in [3.05, 3.63) is 30.3 Å². The van der Waals surface area contributed by atoms with Crippen LogP contribution < -0.4 is 16.0 Å². The summed E-state index contributed by atoms with van der Waals surface area (Å²) >= 11 is 0. The predicted octanol–water partition coefficient (Wildman–Crippen LogP) is 2.09. The van der Waals surface area contributed by atoms with Gasteiger partial charge < -0.3 is 4.74 Å². The first-order chi connectivity index (χ1) is 7.90.